The van der Waals surface area contributed by atoms with Crippen molar-refractivity contribution in [1.82, 2.24) is 4.57 Å². The number of hydrogen-bond donors (Lipinski definition) is 0. The minimum atomic E-state index is -3.60. The van der Waals surface area contributed by atoms with Gasteiger partial charge in [0, 0.05) is 25.0 Å². The third kappa shape index (κ3) is 2.99. The van der Waals surface area contributed by atoms with E-state index < -0.39 is 15.6 Å². The number of benzene rings is 1. The van der Waals surface area contributed by atoms with Crippen molar-refractivity contribution in [3.63, 3.8) is 0 Å². The van der Waals surface area contributed by atoms with Crippen LogP contribution in [0.3, 0.4) is 0 Å². The Balaban J connectivity index is 2.27. The molecule has 20 heavy (non-hydrogen) atoms. The molecule has 5 heteroatoms. The van der Waals surface area contributed by atoms with E-state index in [1.165, 1.54) is 0 Å². The summed E-state index contributed by atoms with van der Waals surface area (Å²) < 4.78 is 26.2. The van der Waals surface area contributed by atoms with Crippen molar-refractivity contribution < 1.29 is 13.2 Å². The zero-order chi connectivity index (χ0) is 14.9. The monoisotopic (exact) mass is 291 g/mol. The predicted octanol–water partition coefficient (Wildman–Crippen LogP) is 2.30. The number of aryl methyl sites for hydroxylation is 3. The van der Waals surface area contributed by atoms with Crippen LogP contribution in [0.5, 0.6) is 0 Å². The molecule has 0 radical (unpaired) electrons. The Bertz CT molecular complexity index is 757. The average Bonchev–Trinajstić information content (AvgIpc) is 2.79. The molecule has 4 nitrogen and oxygen atoms in total. The lowest BCUT2D eigenvalue weighted by Gasteiger charge is -2.06. The summed E-state index contributed by atoms with van der Waals surface area (Å²) in [6.45, 7) is 3.77. The van der Waals surface area contributed by atoms with Gasteiger partial charge < -0.3 is 4.57 Å². The summed E-state index contributed by atoms with van der Waals surface area (Å²) in [4.78, 5) is 12.2. The maximum atomic E-state index is 12.3. The molecule has 2 aromatic rings. The van der Waals surface area contributed by atoms with Gasteiger partial charge in [-0.1, -0.05) is 6.07 Å². The summed E-state index contributed by atoms with van der Waals surface area (Å²) in [6.07, 6.45) is 3.34. The van der Waals surface area contributed by atoms with Gasteiger partial charge in [0.25, 0.3) is 0 Å². The van der Waals surface area contributed by atoms with Crippen LogP contribution in [0, 0.1) is 13.8 Å². The van der Waals surface area contributed by atoms with Crippen LogP contribution in [-0.2, 0) is 16.9 Å². The molecule has 0 aliphatic carbocycles. The van der Waals surface area contributed by atoms with Crippen molar-refractivity contribution in [3.05, 3.63) is 53.3 Å². The number of nitrogens with zero attached hydrogens (tertiary/aromatic N) is 1. The van der Waals surface area contributed by atoms with E-state index in [9.17, 15) is 13.2 Å². The molecule has 0 aliphatic heterocycles. The first kappa shape index (κ1) is 14.5. The Morgan fingerprint density at radius 2 is 1.85 bits per heavy atom. The Morgan fingerprint density at radius 1 is 1.15 bits per heavy atom. The first-order valence-electron chi connectivity index (χ1n) is 6.25. The van der Waals surface area contributed by atoms with Crippen LogP contribution in [-0.4, -0.2) is 24.5 Å². The molecule has 106 valence electrons. The van der Waals surface area contributed by atoms with Gasteiger partial charge in [-0.2, -0.15) is 0 Å². The second-order valence-corrected chi connectivity index (χ2v) is 6.98. The number of carbonyl (C=O) groups is 1. The van der Waals surface area contributed by atoms with E-state index in [4.69, 9.17) is 0 Å². The van der Waals surface area contributed by atoms with Gasteiger partial charge in [0.05, 0.1) is 4.90 Å². The van der Waals surface area contributed by atoms with E-state index in [1.807, 2.05) is 13.8 Å². The molecule has 0 amide bonds. The van der Waals surface area contributed by atoms with E-state index in [1.54, 1.807) is 48.3 Å². The Kier molecular flexibility index (Phi) is 3.81. The van der Waals surface area contributed by atoms with E-state index in [0.29, 0.717) is 5.56 Å². The fourth-order valence-electron chi connectivity index (χ4n) is 1.91. The van der Waals surface area contributed by atoms with Crippen molar-refractivity contribution in [3.8, 4) is 0 Å². The van der Waals surface area contributed by atoms with Crippen molar-refractivity contribution in [1.29, 1.82) is 0 Å². The van der Waals surface area contributed by atoms with Gasteiger partial charge in [-0.15, -0.1) is 0 Å². The number of sulfone groups is 1. The SMILES string of the molecule is Cc1ccc(S(=O)(=O)CC(=O)c2ccn(C)c2)cc1C. The highest BCUT2D eigenvalue weighted by Crippen LogP contribution is 2.17. The summed E-state index contributed by atoms with van der Waals surface area (Å²) >= 11 is 0. The Morgan fingerprint density at radius 3 is 2.40 bits per heavy atom. The first-order chi connectivity index (χ1) is 9.29. The van der Waals surface area contributed by atoms with E-state index >= 15 is 0 Å². The molecule has 0 aliphatic rings. The minimum absolute atomic E-state index is 0.199. The van der Waals surface area contributed by atoms with E-state index in [0.717, 1.165) is 11.1 Å². The summed E-state index contributed by atoms with van der Waals surface area (Å²) in [5, 5.41) is 0. The lowest BCUT2D eigenvalue weighted by molar-refractivity contribution is 0.102. The van der Waals surface area contributed by atoms with Gasteiger partial charge in [-0.05, 0) is 43.2 Å². The molecule has 0 saturated carbocycles. The van der Waals surface area contributed by atoms with Crippen molar-refractivity contribution >= 4 is 15.6 Å². The minimum Gasteiger partial charge on any atom is -0.357 e. The molecule has 2 rings (SSSR count). The molecule has 1 heterocycles. The summed E-state index contributed by atoms with van der Waals surface area (Å²) in [7, 11) is -1.81. The maximum Gasteiger partial charge on any atom is 0.185 e. The zero-order valence-electron chi connectivity index (χ0n) is 11.8. The van der Waals surface area contributed by atoms with Crippen LogP contribution in [0.25, 0.3) is 0 Å². The highest BCUT2D eigenvalue weighted by atomic mass is 32.2. The van der Waals surface area contributed by atoms with Crippen LogP contribution < -0.4 is 0 Å². The van der Waals surface area contributed by atoms with Crippen LogP contribution in [0.15, 0.2) is 41.6 Å². The second-order valence-electron chi connectivity index (χ2n) is 4.99. The Hall–Kier alpha value is -1.88. The summed E-state index contributed by atoms with van der Waals surface area (Å²) in [5.41, 5.74) is 2.34. The molecule has 0 fully saturated rings. The molecule has 0 atom stereocenters. The smallest absolute Gasteiger partial charge is 0.185 e. The Labute approximate surface area is 119 Å². The average molecular weight is 291 g/mol. The van der Waals surface area contributed by atoms with Crippen LogP contribution in [0.2, 0.25) is 0 Å². The standard InChI is InChI=1S/C15H17NO3S/c1-11-4-5-14(8-12(11)2)20(18,19)10-15(17)13-6-7-16(3)9-13/h4-9H,10H2,1-3H3. The van der Waals surface area contributed by atoms with Crippen LogP contribution >= 0.6 is 0 Å². The number of rotatable bonds is 4. The van der Waals surface area contributed by atoms with E-state index in [-0.39, 0.29) is 10.7 Å². The van der Waals surface area contributed by atoms with Gasteiger partial charge in [-0.25, -0.2) is 8.42 Å². The molecule has 0 N–H and O–H groups in total. The van der Waals surface area contributed by atoms with Crippen LogP contribution in [0.1, 0.15) is 21.5 Å². The quantitative estimate of drug-likeness (QED) is 0.812. The van der Waals surface area contributed by atoms with Crippen molar-refractivity contribution in [2.75, 3.05) is 5.75 Å². The molecule has 0 spiro atoms. The number of ketones is 1. The number of aromatic nitrogens is 1. The van der Waals surface area contributed by atoms with Gasteiger partial charge in [0.1, 0.15) is 5.75 Å². The van der Waals surface area contributed by atoms with Gasteiger partial charge in [-0.3, -0.25) is 4.79 Å². The molecular formula is C15H17NO3S. The predicted molar refractivity (Wildman–Crippen MR) is 77.7 cm³/mol. The molecule has 1 aromatic carbocycles. The highest BCUT2D eigenvalue weighted by molar-refractivity contribution is 7.92. The second kappa shape index (κ2) is 5.25. The highest BCUT2D eigenvalue weighted by Gasteiger charge is 2.21. The third-order valence-electron chi connectivity index (χ3n) is 3.31. The molecule has 0 unspecified atom stereocenters. The number of Topliss-reactive ketones (excluding diaryl/α,β-unsaturated/α-hetero) is 1. The van der Waals surface area contributed by atoms with Crippen LogP contribution in [0.4, 0.5) is 0 Å². The molecular weight excluding hydrogens is 274 g/mol. The van der Waals surface area contributed by atoms with Crippen molar-refractivity contribution in [2.24, 2.45) is 7.05 Å². The normalized spacial score (nSPS) is 11.6. The molecule has 0 saturated heterocycles. The fourth-order valence-corrected chi connectivity index (χ4v) is 3.23. The topological polar surface area (TPSA) is 56.1 Å². The number of carbonyl (C=O) groups excluding carboxylic acids is 1. The lowest BCUT2D eigenvalue weighted by atomic mass is 10.1. The molecule has 1 aromatic heterocycles. The fraction of sp³-hybridized carbons (Fsp3) is 0.267. The maximum absolute atomic E-state index is 12.3. The van der Waals surface area contributed by atoms with E-state index in [2.05, 4.69) is 0 Å². The lowest BCUT2D eigenvalue weighted by Crippen LogP contribution is -2.16. The van der Waals surface area contributed by atoms with Gasteiger partial charge in [0.2, 0.25) is 0 Å². The zero-order valence-corrected chi connectivity index (χ0v) is 12.6. The van der Waals surface area contributed by atoms with Gasteiger partial charge in [0.15, 0.2) is 15.6 Å². The number of hydrogen-bond acceptors (Lipinski definition) is 3. The first-order valence-corrected chi connectivity index (χ1v) is 7.90. The largest absolute Gasteiger partial charge is 0.357 e. The van der Waals surface area contributed by atoms with Crippen molar-refractivity contribution in [2.45, 2.75) is 18.7 Å². The third-order valence-corrected chi connectivity index (χ3v) is 4.93. The summed E-state index contributed by atoms with van der Waals surface area (Å²) in [5.74, 6) is -0.886. The molecule has 0 bridgehead atoms. The summed E-state index contributed by atoms with van der Waals surface area (Å²) in [6, 6.07) is 6.55. The van der Waals surface area contributed by atoms with Gasteiger partial charge >= 0.3 is 0 Å².